The van der Waals surface area contributed by atoms with Gasteiger partial charge in [0, 0.05) is 30.8 Å². The number of pyridine rings is 1. The predicted octanol–water partition coefficient (Wildman–Crippen LogP) is 3.90. The van der Waals surface area contributed by atoms with Crippen LogP contribution in [-0.2, 0) is 25.6 Å². The van der Waals surface area contributed by atoms with Crippen LogP contribution in [0.2, 0.25) is 0 Å². The Bertz CT molecular complexity index is 833. The highest BCUT2D eigenvalue weighted by molar-refractivity contribution is 6.04. The zero-order chi connectivity index (χ0) is 18.9. The Kier molecular flexibility index (Phi) is 5.00. The summed E-state index contributed by atoms with van der Waals surface area (Å²) in [5.74, 6) is -0.580. The minimum Gasteiger partial charge on any atom is -0.321 e. The molecule has 4 nitrogen and oxygen atoms in total. The van der Waals surface area contributed by atoms with E-state index in [1.807, 2.05) is 13.1 Å². The second-order valence-corrected chi connectivity index (χ2v) is 6.49. The fraction of sp³-hybridized carbons (Fsp3) is 0.368. The van der Waals surface area contributed by atoms with Gasteiger partial charge in [-0.15, -0.1) is 0 Å². The van der Waals surface area contributed by atoms with Crippen LogP contribution in [0.1, 0.15) is 39.7 Å². The Labute approximate surface area is 150 Å². The van der Waals surface area contributed by atoms with Crippen molar-refractivity contribution in [1.29, 1.82) is 0 Å². The quantitative estimate of drug-likeness (QED) is 0.900. The first-order chi connectivity index (χ1) is 12.3. The second kappa shape index (κ2) is 7.07. The third kappa shape index (κ3) is 3.88. The van der Waals surface area contributed by atoms with Gasteiger partial charge in [0.2, 0.25) is 0 Å². The molecule has 0 unspecified atom stereocenters. The van der Waals surface area contributed by atoms with E-state index in [-0.39, 0.29) is 17.5 Å². The largest absolute Gasteiger partial charge is 0.416 e. The number of carbonyl (C=O) groups excluding carboxylic acids is 1. The van der Waals surface area contributed by atoms with E-state index < -0.39 is 17.6 Å². The maximum absolute atomic E-state index is 13.2. The van der Waals surface area contributed by atoms with Crippen LogP contribution in [0.25, 0.3) is 0 Å². The molecule has 2 aromatic rings. The maximum atomic E-state index is 13.2. The van der Waals surface area contributed by atoms with E-state index in [1.54, 1.807) is 13.1 Å². The summed E-state index contributed by atoms with van der Waals surface area (Å²) in [6, 6.07) is 5.52. The number of rotatable bonds is 3. The van der Waals surface area contributed by atoms with E-state index in [0.717, 1.165) is 36.8 Å². The Morgan fingerprint density at radius 3 is 2.77 bits per heavy atom. The number of nitrogens with one attached hydrogen (secondary N) is 1. The summed E-state index contributed by atoms with van der Waals surface area (Å²) in [5.41, 5.74) is 1.88. The van der Waals surface area contributed by atoms with Crippen LogP contribution in [0.3, 0.4) is 0 Å². The van der Waals surface area contributed by atoms with Gasteiger partial charge in [-0.05, 0) is 42.8 Å². The lowest BCUT2D eigenvalue weighted by atomic mass is 10.0. The molecule has 1 aliphatic heterocycles. The predicted molar refractivity (Wildman–Crippen MR) is 93.1 cm³/mol. The first-order valence-electron chi connectivity index (χ1n) is 8.45. The van der Waals surface area contributed by atoms with E-state index in [0.29, 0.717) is 5.69 Å². The molecule has 0 saturated heterocycles. The van der Waals surface area contributed by atoms with Crippen molar-refractivity contribution in [2.45, 2.75) is 32.5 Å². The van der Waals surface area contributed by atoms with Crippen molar-refractivity contribution >= 4 is 11.6 Å². The van der Waals surface area contributed by atoms with Gasteiger partial charge in [0.15, 0.2) is 0 Å². The minimum absolute atomic E-state index is 0.0237. The lowest BCUT2D eigenvalue weighted by Gasteiger charge is -2.24. The Morgan fingerprint density at radius 1 is 1.31 bits per heavy atom. The molecule has 0 aliphatic carbocycles. The maximum Gasteiger partial charge on any atom is 0.416 e. The normalized spacial score (nSPS) is 14.8. The van der Waals surface area contributed by atoms with E-state index >= 15 is 0 Å². The van der Waals surface area contributed by atoms with Crippen molar-refractivity contribution in [2.75, 3.05) is 18.9 Å². The van der Waals surface area contributed by atoms with Crippen molar-refractivity contribution in [3.8, 4) is 0 Å². The number of carbonyl (C=O) groups is 1. The molecule has 0 saturated carbocycles. The van der Waals surface area contributed by atoms with Gasteiger partial charge in [-0.25, -0.2) is 0 Å². The van der Waals surface area contributed by atoms with E-state index in [9.17, 15) is 18.0 Å². The molecular weight excluding hydrogens is 343 g/mol. The first-order valence-corrected chi connectivity index (χ1v) is 8.45. The Hall–Kier alpha value is -2.41. The van der Waals surface area contributed by atoms with Gasteiger partial charge in [-0.3, -0.25) is 9.78 Å². The summed E-state index contributed by atoms with van der Waals surface area (Å²) in [6.07, 6.45) is -1.85. The molecule has 26 heavy (non-hydrogen) atoms. The fourth-order valence-electron chi connectivity index (χ4n) is 3.13. The molecule has 1 N–H and O–H groups in total. The minimum atomic E-state index is -4.49. The Balaban J connectivity index is 1.83. The molecule has 0 atom stereocenters. The molecule has 0 radical (unpaired) electrons. The molecule has 0 fully saturated rings. The van der Waals surface area contributed by atoms with Gasteiger partial charge in [-0.2, -0.15) is 13.2 Å². The second-order valence-electron chi connectivity index (χ2n) is 6.49. The number of aromatic nitrogens is 1. The van der Waals surface area contributed by atoms with Crippen LogP contribution in [0.5, 0.6) is 0 Å². The molecule has 0 bridgehead atoms. The van der Waals surface area contributed by atoms with Crippen LogP contribution in [-0.4, -0.2) is 29.4 Å². The number of fused-ring (bicyclic) bond motifs is 1. The zero-order valence-corrected chi connectivity index (χ0v) is 14.7. The van der Waals surface area contributed by atoms with Gasteiger partial charge in [0.1, 0.15) is 0 Å². The number of hydrogen-bond acceptors (Lipinski definition) is 3. The molecule has 1 aromatic heterocycles. The molecule has 1 aromatic carbocycles. The molecule has 0 spiro atoms. The Morgan fingerprint density at radius 2 is 2.08 bits per heavy atom. The summed E-state index contributed by atoms with van der Waals surface area (Å²) in [6.45, 7) is 3.31. The van der Waals surface area contributed by atoms with E-state index in [1.165, 1.54) is 12.1 Å². The fourth-order valence-corrected chi connectivity index (χ4v) is 3.13. The highest BCUT2D eigenvalue weighted by Gasteiger charge is 2.33. The van der Waals surface area contributed by atoms with Crippen LogP contribution in [0.4, 0.5) is 18.9 Å². The van der Waals surface area contributed by atoms with Crippen LogP contribution < -0.4 is 5.32 Å². The number of hydrogen-bond donors (Lipinski definition) is 1. The number of likely N-dealkylation sites (N-methyl/N-ethyl adjacent to an activating group) is 1. The van der Waals surface area contributed by atoms with Crippen molar-refractivity contribution < 1.29 is 18.0 Å². The molecule has 7 heteroatoms. The SMILES string of the molecule is CCc1ccc(C(=O)Nc2cnc3c(c2)CN(C)CC3)cc1C(F)(F)F. The highest BCUT2D eigenvalue weighted by Crippen LogP contribution is 2.33. The monoisotopic (exact) mass is 363 g/mol. The van der Waals surface area contributed by atoms with Crippen molar-refractivity contribution in [1.82, 2.24) is 9.88 Å². The average molecular weight is 363 g/mol. The number of nitrogens with zero attached hydrogens (tertiary/aromatic N) is 2. The lowest BCUT2D eigenvalue weighted by molar-refractivity contribution is -0.138. The first kappa shape index (κ1) is 18.4. The molecular formula is C19H20F3N3O. The smallest absolute Gasteiger partial charge is 0.321 e. The number of aryl methyl sites for hydroxylation is 1. The zero-order valence-electron chi connectivity index (χ0n) is 14.7. The summed E-state index contributed by atoms with van der Waals surface area (Å²) in [4.78, 5) is 18.9. The summed E-state index contributed by atoms with van der Waals surface area (Å²) in [5, 5.41) is 2.65. The van der Waals surface area contributed by atoms with Gasteiger partial charge < -0.3 is 10.2 Å². The van der Waals surface area contributed by atoms with Crippen molar-refractivity contribution in [3.63, 3.8) is 0 Å². The lowest BCUT2D eigenvalue weighted by Crippen LogP contribution is -2.27. The molecule has 1 aliphatic rings. The topological polar surface area (TPSA) is 45.2 Å². The van der Waals surface area contributed by atoms with Crippen molar-refractivity contribution in [3.05, 3.63) is 58.4 Å². The van der Waals surface area contributed by atoms with Crippen LogP contribution >= 0.6 is 0 Å². The number of alkyl halides is 3. The van der Waals surface area contributed by atoms with E-state index in [2.05, 4.69) is 15.2 Å². The number of halogens is 3. The molecule has 3 rings (SSSR count). The van der Waals surface area contributed by atoms with Gasteiger partial charge in [0.05, 0.1) is 17.4 Å². The molecule has 2 heterocycles. The van der Waals surface area contributed by atoms with Crippen LogP contribution in [0.15, 0.2) is 30.5 Å². The number of amides is 1. The molecule has 138 valence electrons. The average Bonchev–Trinajstić information content (AvgIpc) is 2.60. The van der Waals surface area contributed by atoms with Gasteiger partial charge in [0.25, 0.3) is 5.91 Å². The summed E-state index contributed by atoms with van der Waals surface area (Å²) >= 11 is 0. The van der Waals surface area contributed by atoms with Gasteiger partial charge >= 0.3 is 6.18 Å². The highest BCUT2D eigenvalue weighted by atomic mass is 19.4. The van der Waals surface area contributed by atoms with Crippen molar-refractivity contribution in [2.24, 2.45) is 0 Å². The van der Waals surface area contributed by atoms with Crippen LogP contribution in [0, 0.1) is 0 Å². The van der Waals surface area contributed by atoms with Gasteiger partial charge in [-0.1, -0.05) is 13.0 Å². The third-order valence-corrected chi connectivity index (χ3v) is 4.55. The molecule has 1 amide bonds. The van der Waals surface area contributed by atoms with E-state index in [4.69, 9.17) is 0 Å². The summed E-state index contributed by atoms with van der Waals surface area (Å²) in [7, 11) is 2.00. The standard InChI is InChI=1S/C19H20F3N3O/c1-3-12-4-5-13(9-16(12)19(20,21)22)18(26)24-15-8-14-11-25(2)7-6-17(14)23-10-15/h4-5,8-10H,3,6-7,11H2,1-2H3,(H,24,26). The third-order valence-electron chi connectivity index (χ3n) is 4.55. The number of benzene rings is 1. The summed E-state index contributed by atoms with van der Waals surface area (Å²) < 4.78 is 39.6. The number of anilines is 1.